The maximum Gasteiger partial charge on any atom is 0.167 e. The monoisotopic (exact) mass is 265 g/mol. The average molecular weight is 265 g/mol. The minimum Gasteiger partial charge on any atom is -0.487 e. The molecule has 0 aliphatic rings. The highest BCUT2D eigenvalue weighted by atomic mass is 16.5. The van der Waals surface area contributed by atoms with Gasteiger partial charge in [-0.3, -0.25) is 0 Å². The molecule has 0 unspecified atom stereocenters. The lowest BCUT2D eigenvalue weighted by Crippen LogP contribution is -1.94. The summed E-state index contributed by atoms with van der Waals surface area (Å²) in [5.74, 6) is 1.59. The summed E-state index contributed by atoms with van der Waals surface area (Å²) < 4.78 is 11.0. The molecule has 0 aliphatic carbocycles. The van der Waals surface area contributed by atoms with Crippen molar-refractivity contribution in [2.45, 2.75) is 13.5 Å². The molecule has 1 heterocycles. The molecule has 0 fully saturated rings. The van der Waals surface area contributed by atoms with Crippen LogP contribution in [0.4, 0.5) is 0 Å². The molecular formula is C17H15NO2. The summed E-state index contributed by atoms with van der Waals surface area (Å²) in [5.41, 5.74) is 3.03. The second-order valence-electron chi connectivity index (χ2n) is 4.65. The predicted octanol–water partition coefficient (Wildman–Crippen LogP) is 4.23. The summed E-state index contributed by atoms with van der Waals surface area (Å²) in [6.07, 6.45) is 0. The molecule has 20 heavy (non-hydrogen) atoms. The summed E-state index contributed by atoms with van der Waals surface area (Å²) in [5, 5.41) is 4.03. The van der Waals surface area contributed by atoms with E-state index in [9.17, 15) is 0 Å². The topological polar surface area (TPSA) is 35.3 Å². The van der Waals surface area contributed by atoms with Crippen LogP contribution in [0.15, 0.2) is 65.2 Å². The normalized spacial score (nSPS) is 10.4. The third-order valence-electron chi connectivity index (χ3n) is 3.02. The minimum atomic E-state index is 0.402. The number of benzene rings is 2. The number of aryl methyl sites for hydroxylation is 1. The van der Waals surface area contributed by atoms with Gasteiger partial charge >= 0.3 is 0 Å². The number of aromatic nitrogens is 1. The lowest BCUT2D eigenvalue weighted by Gasteiger charge is -2.01. The van der Waals surface area contributed by atoms with E-state index in [1.807, 2.05) is 48.5 Å². The second kappa shape index (κ2) is 5.61. The lowest BCUT2D eigenvalue weighted by molar-refractivity contribution is 0.290. The van der Waals surface area contributed by atoms with E-state index in [2.05, 4.69) is 24.2 Å². The van der Waals surface area contributed by atoms with Gasteiger partial charge in [-0.25, -0.2) is 0 Å². The zero-order valence-corrected chi connectivity index (χ0v) is 11.2. The van der Waals surface area contributed by atoms with Crippen molar-refractivity contribution >= 4 is 0 Å². The Morgan fingerprint density at radius 3 is 2.50 bits per heavy atom. The van der Waals surface area contributed by atoms with Crippen molar-refractivity contribution in [2.24, 2.45) is 0 Å². The fraction of sp³-hybridized carbons (Fsp3) is 0.118. The number of hydrogen-bond donors (Lipinski definition) is 0. The van der Waals surface area contributed by atoms with E-state index in [0.29, 0.717) is 6.61 Å². The Balaban J connectivity index is 1.69. The largest absolute Gasteiger partial charge is 0.487 e. The molecule has 0 N–H and O–H groups in total. The van der Waals surface area contributed by atoms with Crippen molar-refractivity contribution in [1.82, 2.24) is 5.16 Å². The first-order valence-corrected chi connectivity index (χ1v) is 6.52. The molecule has 100 valence electrons. The second-order valence-corrected chi connectivity index (χ2v) is 4.65. The SMILES string of the molecule is Cc1ccc(-c2cc(COc3ccccc3)no2)cc1. The molecule has 0 bridgehead atoms. The van der Waals surface area contributed by atoms with E-state index in [-0.39, 0.29) is 0 Å². The van der Waals surface area contributed by atoms with Crippen LogP contribution in [0.2, 0.25) is 0 Å². The Hall–Kier alpha value is -2.55. The Morgan fingerprint density at radius 2 is 1.75 bits per heavy atom. The molecule has 0 saturated heterocycles. The van der Waals surface area contributed by atoms with Gasteiger partial charge in [0.05, 0.1) is 0 Å². The van der Waals surface area contributed by atoms with Gasteiger partial charge in [-0.15, -0.1) is 0 Å². The van der Waals surface area contributed by atoms with Crippen LogP contribution in [0.5, 0.6) is 5.75 Å². The van der Waals surface area contributed by atoms with Crippen LogP contribution in [0.3, 0.4) is 0 Å². The first kappa shape index (κ1) is 12.5. The predicted molar refractivity (Wildman–Crippen MR) is 77.5 cm³/mol. The average Bonchev–Trinajstić information content (AvgIpc) is 2.96. The van der Waals surface area contributed by atoms with E-state index in [1.165, 1.54) is 5.56 Å². The molecule has 0 spiro atoms. The van der Waals surface area contributed by atoms with Gasteiger partial charge in [-0.1, -0.05) is 53.2 Å². The molecule has 3 rings (SSSR count). The maximum atomic E-state index is 5.64. The molecule has 3 aromatic rings. The third kappa shape index (κ3) is 2.88. The maximum absolute atomic E-state index is 5.64. The lowest BCUT2D eigenvalue weighted by atomic mass is 10.1. The van der Waals surface area contributed by atoms with Crippen LogP contribution < -0.4 is 4.74 Å². The van der Waals surface area contributed by atoms with Gasteiger partial charge in [0.1, 0.15) is 18.1 Å². The van der Waals surface area contributed by atoms with E-state index < -0.39 is 0 Å². The van der Waals surface area contributed by atoms with Gasteiger partial charge in [0.2, 0.25) is 0 Å². The third-order valence-corrected chi connectivity index (χ3v) is 3.02. The number of ether oxygens (including phenoxy) is 1. The quantitative estimate of drug-likeness (QED) is 0.708. The summed E-state index contributed by atoms with van der Waals surface area (Å²) in [6, 6.07) is 19.7. The van der Waals surface area contributed by atoms with Crippen molar-refractivity contribution in [1.29, 1.82) is 0 Å². The van der Waals surface area contributed by atoms with E-state index >= 15 is 0 Å². The molecule has 0 aliphatic heterocycles. The summed E-state index contributed by atoms with van der Waals surface area (Å²) >= 11 is 0. The Morgan fingerprint density at radius 1 is 1.00 bits per heavy atom. The van der Waals surface area contributed by atoms with Gasteiger partial charge in [0.25, 0.3) is 0 Å². The molecule has 0 radical (unpaired) electrons. The molecule has 0 amide bonds. The highest BCUT2D eigenvalue weighted by Gasteiger charge is 2.07. The Labute approximate surface area is 117 Å². The highest BCUT2D eigenvalue weighted by Crippen LogP contribution is 2.21. The highest BCUT2D eigenvalue weighted by molar-refractivity contribution is 5.57. The van der Waals surface area contributed by atoms with E-state index in [1.54, 1.807) is 0 Å². The van der Waals surface area contributed by atoms with Gasteiger partial charge in [-0.05, 0) is 19.1 Å². The van der Waals surface area contributed by atoms with Crippen molar-refractivity contribution in [3.8, 4) is 17.1 Å². The molecule has 3 nitrogen and oxygen atoms in total. The van der Waals surface area contributed by atoms with Crippen molar-refractivity contribution < 1.29 is 9.26 Å². The Kier molecular flexibility index (Phi) is 3.50. The van der Waals surface area contributed by atoms with E-state index in [4.69, 9.17) is 9.26 Å². The molecule has 3 heteroatoms. The van der Waals surface area contributed by atoms with Gasteiger partial charge in [-0.2, -0.15) is 0 Å². The Bertz CT molecular complexity index is 672. The molecule has 2 aromatic carbocycles. The minimum absolute atomic E-state index is 0.402. The van der Waals surface area contributed by atoms with Crippen LogP contribution in [-0.4, -0.2) is 5.16 Å². The van der Waals surface area contributed by atoms with Crippen molar-refractivity contribution in [3.63, 3.8) is 0 Å². The molecular weight excluding hydrogens is 250 g/mol. The van der Waals surface area contributed by atoms with E-state index in [0.717, 1.165) is 22.8 Å². The summed E-state index contributed by atoms with van der Waals surface area (Å²) in [6.45, 7) is 2.46. The number of para-hydroxylation sites is 1. The van der Waals surface area contributed by atoms with Gasteiger partial charge < -0.3 is 9.26 Å². The fourth-order valence-electron chi connectivity index (χ4n) is 1.91. The molecule has 0 saturated carbocycles. The van der Waals surface area contributed by atoms with Crippen LogP contribution in [-0.2, 0) is 6.61 Å². The summed E-state index contributed by atoms with van der Waals surface area (Å²) in [7, 11) is 0. The van der Waals surface area contributed by atoms with Crippen LogP contribution >= 0.6 is 0 Å². The van der Waals surface area contributed by atoms with Crippen molar-refractivity contribution in [3.05, 3.63) is 71.9 Å². The van der Waals surface area contributed by atoms with Crippen molar-refractivity contribution in [2.75, 3.05) is 0 Å². The zero-order chi connectivity index (χ0) is 13.8. The smallest absolute Gasteiger partial charge is 0.167 e. The summed E-state index contributed by atoms with van der Waals surface area (Å²) in [4.78, 5) is 0. The molecule has 1 aromatic heterocycles. The standard InChI is InChI=1S/C17H15NO2/c1-13-7-9-14(10-8-13)17-11-15(18-20-17)12-19-16-5-3-2-4-6-16/h2-11H,12H2,1H3. The first-order chi connectivity index (χ1) is 9.81. The van der Waals surface area contributed by atoms with Gasteiger partial charge in [0, 0.05) is 11.6 Å². The number of hydrogen-bond acceptors (Lipinski definition) is 3. The number of rotatable bonds is 4. The van der Waals surface area contributed by atoms with Gasteiger partial charge in [0.15, 0.2) is 5.76 Å². The van der Waals surface area contributed by atoms with Crippen LogP contribution in [0.1, 0.15) is 11.3 Å². The molecule has 0 atom stereocenters. The van der Waals surface area contributed by atoms with Crippen LogP contribution in [0.25, 0.3) is 11.3 Å². The fourth-order valence-corrected chi connectivity index (χ4v) is 1.91. The first-order valence-electron chi connectivity index (χ1n) is 6.52. The van der Waals surface area contributed by atoms with Crippen LogP contribution in [0, 0.1) is 6.92 Å². The number of nitrogens with zero attached hydrogens (tertiary/aromatic N) is 1. The zero-order valence-electron chi connectivity index (χ0n) is 11.2.